The largest absolute Gasteiger partial charge is 0.479 e. The van der Waals surface area contributed by atoms with Crippen molar-refractivity contribution in [2.45, 2.75) is 26.5 Å². The second kappa shape index (κ2) is 6.22. The molecule has 0 spiro atoms. The molecule has 0 aliphatic carbocycles. The molecule has 0 fully saturated rings. The van der Waals surface area contributed by atoms with E-state index in [0.29, 0.717) is 17.1 Å². The van der Waals surface area contributed by atoms with Crippen LogP contribution in [0.5, 0.6) is 5.75 Å². The lowest BCUT2D eigenvalue weighted by Gasteiger charge is -2.23. The molecule has 3 aromatic rings. The zero-order valence-corrected chi connectivity index (χ0v) is 14.6. The lowest BCUT2D eigenvalue weighted by molar-refractivity contribution is -0.122. The van der Waals surface area contributed by atoms with E-state index in [0.717, 1.165) is 16.6 Å². The molecular formula is C20H19N3O3. The first-order valence-corrected chi connectivity index (χ1v) is 8.47. The molecule has 1 aliphatic heterocycles. The number of fused-ring (bicyclic) bond motifs is 2. The number of ether oxygens (including phenoxy) is 1. The van der Waals surface area contributed by atoms with Crippen molar-refractivity contribution in [3.8, 4) is 5.75 Å². The number of para-hydroxylation sites is 1. The molecule has 0 unspecified atom stereocenters. The zero-order chi connectivity index (χ0) is 18.3. The first-order valence-electron chi connectivity index (χ1n) is 8.47. The molecule has 2 amide bonds. The van der Waals surface area contributed by atoms with Gasteiger partial charge in [-0.05, 0) is 49.6 Å². The molecule has 2 heterocycles. The van der Waals surface area contributed by atoms with Gasteiger partial charge in [-0.2, -0.15) is 0 Å². The number of aromatic nitrogens is 1. The summed E-state index contributed by atoms with van der Waals surface area (Å²) in [5, 5.41) is 6.78. The van der Waals surface area contributed by atoms with E-state index in [1.54, 1.807) is 25.1 Å². The Morgan fingerprint density at radius 2 is 2.04 bits per heavy atom. The highest BCUT2D eigenvalue weighted by atomic mass is 16.5. The van der Waals surface area contributed by atoms with E-state index in [1.807, 2.05) is 35.8 Å². The quantitative estimate of drug-likeness (QED) is 0.762. The fourth-order valence-electron chi connectivity index (χ4n) is 3.19. The lowest BCUT2D eigenvalue weighted by atomic mass is 10.2. The number of rotatable bonds is 3. The summed E-state index contributed by atoms with van der Waals surface area (Å²) in [7, 11) is 0. The SMILES string of the molecule is Cc1cc2ccccc2n1CC(=O)Nc1ccc2c(c1)NC(=O)[C@H](C)O2. The van der Waals surface area contributed by atoms with E-state index in [9.17, 15) is 9.59 Å². The molecule has 0 bridgehead atoms. The van der Waals surface area contributed by atoms with Gasteiger partial charge in [-0.25, -0.2) is 0 Å². The second-order valence-electron chi connectivity index (χ2n) is 6.44. The normalized spacial score (nSPS) is 15.9. The summed E-state index contributed by atoms with van der Waals surface area (Å²) in [5.41, 5.74) is 3.23. The summed E-state index contributed by atoms with van der Waals surface area (Å²) in [6.07, 6.45) is -0.520. The fraction of sp³-hybridized carbons (Fsp3) is 0.200. The van der Waals surface area contributed by atoms with Gasteiger partial charge in [0.15, 0.2) is 6.10 Å². The summed E-state index contributed by atoms with van der Waals surface area (Å²) in [6, 6.07) is 15.3. The standard InChI is InChI=1S/C20H19N3O3/c1-12-9-14-5-3-4-6-17(14)23(12)11-19(24)21-15-7-8-18-16(10-15)22-20(25)13(2)26-18/h3-10,13H,11H2,1-2H3,(H,21,24)(H,22,25)/t13-/m0/s1. The van der Waals surface area contributed by atoms with E-state index < -0.39 is 6.10 Å². The second-order valence-corrected chi connectivity index (χ2v) is 6.44. The van der Waals surface area contributed by atoms with Gasteiger partial charge < -0.3 is 19.9 Å². The van der Waals surface area contributed by atoms with Crippen LogP contribution in [0.1, 0.15) is 12.6 Å². The minimum absolute atomic E-state index is 0.133. The van der Waals surface area contributed by atoms with Crippen molar-refractivity contribution in [3.63, 3.8) is 0 Å². The molecule has 0 radical (unpaired) electrons. The van der Waals surface area contributed by atoms with Gasteiger partial charge in [0.2, 0.25) is 5.91 Å². The van der Waals surface area contributed by atoms with Crippen LogP contribution in [-0.2, 0) is 16.1 Å². The molecule has 4 rings (SSSR count). The van der Waals surface area contributed by atoms with Crippen molar-refractivity contribution in [1.29, 1.82) is 0 Å². The van der Waals surface area contributed by atoms with Gasteiger partial charge in [0.25, 0.3) is 5.91 Å². The van der Waals surface area contributed by atoms with Gasteiger partial charge in [-0.3, -0.25) is 9.59 Å². The first-order chi connectivity index (χ1) is 12.5. The van der Waals surface area contributed by atoms with Crippen molar-refractivity contribution < 1.29 is 14.3 Å². The maximum absolute atomic E-state index is 12.5. The Morgan fingerprint density at radius 1 is 1.23 bits per heavy atom. The van der Waals surface area contributed by atoms with Crippen molar-refractivity contribution >= 4 is 34.1 Å². The van der Waals surface area contributed by atoms with Gasteiger partial charge in [0.1, 0.15) is 12.3 Å². The van der Waals surface area contributed by atoms with Crippen LogP contribution in [-0.4, -0.2) is 22.5 Å². The molecule has 6 nitrogen and oxygen atoms in total. The predicted molar refractivity (Wildman–Crippen MR) is 100 cm³/mol. The average molecular weight is 349 g/mol. The van der Waals surface area contributed by atoms with Gasteiger partial charge in [-0.1, -0.05) is 18.2 Å². The Kier molecular flexibility index (Phi) is 3.88. The molecule has 2 N–H and O–H groups in total. The predicted octanol–water partition coefficient (Wildman–Crippen LogP) is 3.31. The van der Waals surface area contributed by atoms with Crippen molar-refractivity contribution in [3.05, 3.63) is 54.2 Å². The van der Waals surface area contributed by atoms with Crippen molar-refractivity contribution in [2.24, 2.45) is 0 Å². The van der Waals surface area contributed by atoms with Gasteiger partial charge in [0, 0.05) is 16.9 Å². The Balaban J connectivity index is 1.53. The number of nitrogens with one attached hydrogen (secondary N) is 2. The number of carbonyl (C=O) groups is 2. The summed E-state index contributed by atoms with van der Waals surface area (Å²) >= 11 is 0. The van der Waals surface area contributed by atoms with E-state index >= 15 is 0 Å². The molecule has 1 aromatic heterocycles. The number of aryl methyl sites for hydroxylation is 1. The van der Waals surface area contributed by atoms with Crippen LogP contribution in [0.15, 0.2) is 48.5 Å². The molecule has 0 saturated heterocycles. The number of amides is 2. The summed E-state index contributed by atoms with van der Waals surface area (Å²) in [4.78, 5) is 24.2. The number of anilines is 2. The van der Waals surface area contributed by atoms with E-state index in [1.165, 1.54) is 0 Å². The smallest absolute Gasteiger partial charge is 0.265 e. The van der Waals surface area contributed by atoms with Crippen LogP contribution < -0.4 is 15.4 Å². The Labute approximate surface area is 150 Å². The fourth-order valence-corrected chi connectivity index (χ4v) is 3.19. The molecule has 1 aliphatic rings. The van der Waals surface area contributed by atoms with Crippen LogP contribution in [0, 0.1) is 6.92 Å². The Morgan fingerprint density at radius 3 is 2.88 bits per heavy atom. The van der Waals surface area contributed by atoms with Gasteiger partial charge >= 0.3 is 0 Å². The molecular weight excluding hydrogens is 330 g/mol. The summed E-state index contributed by atoms with van der Waals surface area (Å²) < 4.78 is 7.51. The minimum Gasteiger partial charge on any atom is -0.479 e. The minimum atomic E-state index is -0.520. The summed E-state index contributed by atoms with van der Waals surface area (Å²) in [6.45, 7) is 3.90. The number of hydrogen-bond acceptors (Lipinski definition) is 3. The molecule has 132 valence electrons. The van der Waals surface area contributed by atoms with Gasteiger partial charge in [-0.15, -0.1) is 0 Å². The highest BCUT2D eigenvalue weighted by Crippen LogP contribution is 2.32. The molecule has 2 aromatic carbocycles. The van der Waals surface area contributed by atoms with Crippen LogP contribution in [0.3, 0.4) is 0 Å². The topological polar surface area (TPSA) is 72.4 Å². The highest BCUT2D eigenvalue weighted by Gasteiger charge is 2.23. The lowest BCUT2D eigenvalue weighted by Crippen LogP contribution is -2.34. The van der Waals surface area contributed by atoms with E-state index in [-0.39, 0.29) is 18.4 Å². The number of nitrogens with zero attached hydrogens (tertiary/aromatic N) is 1. The first kappa shape index (κ1) is 16.2. The Hall–Kier alpha value is -3.28. The van der Waals surface area contributed by atoms with E-state index in [2.05, 4.69) is 16.7 Å². The average Bonchev–Trinajstić information content (AvgIpc) is 2.92. The molecule has 0 saturated carbocycles. The number of hydrogen-bond donors (Lipinski definition) is 2. The van der Waals surface area contributed by atoms with Crippen LogP contribution in [0.2, 0.25) is 0 Å². The third kappa shape index (κ3) is 2.90. The third-order valence-electron chi connectivity index (χ3n) is 4.51. The maximum atomic E-state index is 12.5. The van der Waals surface area contributed by atoms with E-state index in [4.69, 9.17) is 4.74 Å². The maximum Gasteiger partial charge on any atom is 0.265 e. The van der Waals surface area contributed by atoms with Gasteiger partial charge in [0.05, 0.1) is 5.69 Å². The van der Waals surface area contributed by atoms with Crippen LogP contribution in [0.4, 0.5) is 11.4 Å². The number of benzene rings is 2. The molecule has 1 atom stereocenters. The van der Waals surface area contributed by atoms with Crippen molar-refractivity contribution in [2.75, 3.05) is 10.6 Å². The highest BCUT2D eigenvalue weighted by molar-refractivity contribution is 5.99. The third-order valence-corrected chi connectivity index (χ3v) is 4.51. The van der Waals surface area contributed by atoms with Crippen LogP contribution in [0.25, 0.3) is 10.9 Å². The zero-order valence-electron chi connectivity index (χ0n) is 14.6. The summed E-state index contributed by atoms with van der Waals surface area (Å²) in [5.74, 6) is 0.267. The number of carbonyl (C=O) groups excluding carboxylic acids is 2. The molecule has 26 heavy (non-hydrogen) atoms. The Bertz CT molecular complexity index is 1020. The monoisotopic (exact) mass is 349 g/mol. The van der Waals surface area contributed by atoms with Crippen molar-refractivity contribution in [1.82, 2.24) is 4.57 Å². The molecule has 6 heteroatoms. The van der Waals surface area contributed by atoms with Crippen LogP contribution >= 0.6 is 0 Å².